The molecule has 168 valence electrons. The number of para-hydroxylation sites is 2. The van der Waals surface area contributed by atoms with E-state index >= 15 is 0 Å². The standard InChI is InChI=1S/C29H32N4/c1-2-18-17-33-14-12-23-21-8-4-6-10-25(21)32-29(23)27(33)16-19(18)15-26-28-22(11-13-30-26)20-7-3-5-9-24(20)31-28/h2-10,19,23,27,29,31-32H,11-17H2,1H3/b18-2+/t19-,23?,27-,29?/m0/s1. The lowest BCUT2D eigenvalue weighted by Gasteiger charge is -2.49. The van der Waals surface area contributed by atoms with Gasteiger partial charge in [0.05, 0.1) is 11.4 Å². The van der Waals surface area contributed by atoms with E-state index in [9.17, 15) is 0 Å². The number of aromatic nitrogens is 1. The van der Waals surface area contributed by atoms with E-state index in [1.807, 2.05) is 0 Å². The van der Waals surface area contributed by atoms with Gasteiger partial charge in [-0.3, -0.25) is 9.89 Å². The van der Waals surface area contributed by atoms with Crippen LogP contribution in [-0.4, -0.2) is 47.3 Å². The zero-order valence-electron chi connectivity index (χ0n) is 19.3. The second-order valence-corrected chi connectivity index (χ2v) is 10.3. The number of anilines is 1. The van der Waals surface area contributed by atoms with Crippen LogP contribution >= 0.6 is 0 Å². The number of nitrogens with one attached hydrogen (secondary N) is 2. The summed E-state index contributed by atoms with van der Waals surface area (Å²) >= 11 is 0. The monoisotopic (exact) mass is 436 g/mol. The topological polar surface area (TPSA) is 43.4 Å². The quantitative estimate of drug-likeness (QED) is 0.520. The second-order valence-electron chi connectivity index (χ2n) is 10.3. The Bertz CT molecular complexity index is 1280. The summed E-state index contributed by atoms with van der Waals surface area (Å²) in [6, 6.07) is 18.9. The van der Waals surface area contributed by atoms with E-state index in [2.05, 4.69) is 76.7 Å². The van der Waals surface area contributed by atoms with Gasteiger partial charge in [0.25, 0.3) is 0 Å². The Balaban J connectivity index is 1.18. The fraction of sp³-hybridized carbons (Fsp3) is 0.414. The van der Waals surface area contributed by atoms with Crippen LogP contribution in [0.2, 0.25) is 0 Å². The lowest BCUT2D eigenvalue weighted by atomic mass is 9.74. The molecule has 0 spiro atoms. The highest BCUT2D eigenvalue weighted by Gasteiger charge is 2.46. The number of benzene rings is 2. The van der Waals surface area contributed by atoms with Crippen molar-refractivity contribution in [3.63, 3.8) is 0 Å². The van der Waals surface area contributed by atoms with Crippen LogP contribution in [0.4, 0.5) is 5.69 Å². The van der Waals surface area contributed by atoms with Gasteiger partial charge in [-0.15, -0.1) is 0 Å². The first-order chi connectivity index (χ1) is 16.3. The van der Waals surface area contributed by atoms with Crippen molar-refractivity contribution in [3.05, 3.63) is 77.0 Å². The maximum absolute atomic E-state index is 5.06. The molecule has 0 saturated carbocycles. The van der Waals surface area contributed by atoms with E-state index in [1.165, 1.54) is 58.5 Å². The van der Waals surface area contributed by atoms with Crippen LogP contribution in [0.5, 0.6) is 0 Å². The molecule has 0 aliphatic carbocycles. The first kappa shape index (κ1) is 19.6. The zero-order chi connectivity index (χ0) is 21.9. The number of H-pyrrole nitrogens is 1. The van der Waals surface area contributed by atoms with Crippen molar-refractivity contribution in [2.24, 2.45) is 10.9 Å². The fourth-order valence-electron chi connectivity index (χ4n) is 7.15. The van der Waals surface area contributed by atoms with Gasteiger partial charge in [0.1, 0.15) is 0 Å². The fourth-order valence-corrected chi connectivity index (χ4v) is 7.15. The largest absolute Gasteiger partial charge is 0.380 e. The van der Waals surface area contributed by atoms with Gasteiger partial charge in [0.15, 0.2) is 0 Å². The van der Waals surface area contributed by atoms with Gasteiger partial charge >= 0.3 is 0 Å². The van der Waals surface area contributed by atoms with Crippen molar-refractivity contribution in [3.8, 4) is 0 Å². The summed E-state index contributed by atoms with van der Waals surface area (Å²) in [5, 5.41) is 5.31. The van der Waals surface area contributed by atoms with Crippen LogP contribution in [0.15, 0.2) is 65.2 Å². The third-order valence-electron chi connectivity index (χ3n) is 8.74. The first-order valence-corrected chi connectivity index (χ1v) is 12.7. The number of hydrogen-bond acceptors (Lipinski definition) is 3. The lowest BCUT2D eigenvalue weighted by Crippen LogP contribution is -2.56. The van der Waals surface area contributed by atoms with Crippen LogP contribution in [0.1, 0.15) is 48.9 Å². The van der Waals surface area contributed by atoms with Gasteiger partial charge in [-0.25, -0.2) is 0 Å². The molecule has 2 fully saturated rings. The maximum Gasteiger partial charge on any atom is 0.0638 e. The Morgan fingerprint density at radius 2 is 2.00 bits per heavy atom. The highest BCUT2D eigenvalue weighted by molar-refractivity contribution is 6.06. The number of nitrogens with zero attached hydrogens (tertiary/aromatic N) is 2. The van der Waals surface area contributed by atoms with E-state index in [1.54, 1.807) is 5.57 Å². The number of hydrogen-bond donors (Lipinski definition) is 2. The van der Waals surface area contributed by atoms with Gasteiger partial charge in [-0.1, -0.05) is 48.0 Å². The van der Waals surface area contributed by atoms with E-state index < -0.39 is 0 Å². The summed E-state index contributed by atoms with van der Waals surface area (Å²) in [5.41, 5.74) is 9.82. The molecule has 3 aromatic rings. The van der Waals surface area contributed by atoms with Crippen molar-refractivity contribution in [2.75, 3.05) is 25.0 Å². The van der Waals surface area contributed by atoms with E-state index in [-0.39, 0.29) is 0 Å². The molecule has 2 saturated heterocycles. The average molecular weight is 437 g/mol. The summed E-state index contributed by atoms with van der Waals surface area (Å²) in [7, 11) is 0. The molecule has 5 heterocycles. The summed E-state index contributed by atoms with van der Waals surface area (Å²) in [6.45, 7) is 5.47. The second kappa shape index (κ2) is 7.59. The molecule has 4 aliphatic rings. The minimum Gasteiger partial charge on any atom is -0.380 e. The van der Waals surface area contributed by atoms with Crippen LogP contribution in [-0.2, 0) is 6.42 Å². The van der Waals surface area contributed by atoms with Gasteiger partial charge < -0.3 is 10.3 Å². The molecule has 2 N–H and O–H groups in total. The van der Waals surface area contributed by atoms with Crippen molar-refractivity contribution >= 4 is 22.3 Å². The van der Waals surface area contributed by atoms with Crippen molar-refractivity contribution in [1.29, 1.82) is 0 Å². The third kappa shape index (κ3) is 3.03. The average Bonchev–Trinajstić information content (AvgIpc) is 3.43. The predicted molar refractivity (Wildman–Crippen MR) is 136 cm³/mol. The molecular formula is C29H32N4. The van der Waals surface area contributed by atoms with Crippen LogP contribution in [0.25, 0.3) is 10.9 Å². The van der Waals surface area contributed by atoms with E-state index in [0.717, 1.165) is 25.9 Å². The van der Waals surface area contributed by atoms with E-state index in [0.29, 0.717) is 23.9 Å². The maximum atomic E-state index is 5.06. The van der Waals surface area contributed by atoms with Gasteiger partial charge in [0, 0.05) is 47.7 Å². The number of fused-ring (bicyclic) bond motifs is 8. The Labute approximate surface area is 195 Å². The molecule has 4 aliphatic heterocycles. The molecule has 0 radical (unpaired) electrons. The molecule has 33 heavy (non-hydrogen) atoms. The first-order valence-electron chi connectivity index (χ1n) is 12.7. The van der Waals surface area contributed by atoms with Crippen molar-refractivity contribution in [2.45, 2.75) is 50.6 Å². The normalized spacial score (nSPS) is 29.7. The van der Waals surface area contributed by atoms with Crippen LogP contribution in [0.3, 0.4) is 0 Å². The molecule has 7 rings (SSSR count). The van der Waals surface area contributed by atoms with E-state index in [4.69, 9.17) is 4.99 Å². The zero-order valence-corrected chi connectivity index (χ0v) is 19.3. The van der Waals surface area contributed by atoms with Crippen LogP contribution in [0, 0.1) is 5.92 Å². The Hall–Kier alpha value is -2.85. The third-order valence-corrected chi connectivity index (χ3v) is 8.74. The highest BCUT2D eigenvalue weighted by Crippen LogP contribution is 2.47. The summed E-state index contributed by atoms with van der Waals surface area (Å²) in [5.74, 6) is 1.22. The molecule has 4 nitrogen and oxygen atoms in total. The number of piperidine rings is 2. The van der Waals surface area contributed by atoms with Crippen molar-refractivity contribution in [1.82, 2.24) is 9.88 Å². The minimum absolute atomic E-state index is 0.536. The molecule has 0 bridgehead atoms. The summed E-state index contributed by atoms with van der Waals surface area (Å²) in [6.07, 6.45) is 6.97. The predicted octanol–water partition coefficient (Wildman–Crippen LogP) is 5.52. The van der Waals surface area contributed by atoms with Crippen molar-refractivity contribution < 1.29 is 0 Å². The molecule has 2 unspecified atom stereocenters. The molecule has 1 aromatic heterocycles. The summed E-state index contributed by atoms with van der Waals surface area (Å²) in [4.78, 5) is 11.5. The SMILES string of the molecule is C/C=C1\CN2CCC3c4ccccc4NC3[C@@H]2C[C@@H]1CC1=NCCc2c1[nH]c1ccccc21. The molecular weight excluding hydrogens is 404 g/mol. The Kier molecular flexibility index (Phi) is 4.51. The lowest BCUT2D eigenvalue weighted by molar-refractivity contribution is 0.0927. The molecule has 4 atom stereocenters. The molecule has 0 amide bonds. The smallest absolute Gasteiger partial charge is 0.0638 e. The number of aromatic amines is 1. The van der Waals surface area contributed by atoms with Gasteiger partial charge in [0.2, 0.25) is 0 Å². The van der Waals surface area contributed by atoms with Gasteiger partial charge in [-0.2, -0.15) is 0 Å². The number of aliphatic imine (C=N–C) groups is 1. The molecule has 2 aromatic carbocycles. The highest BCUT2D eigenvalue weighted by atomic mass is 15.2. The Morgan fingerprint density at radius 3 is 2.94 bits per heavy atom. The van der Waals surface area contributed by atoms with Crippen LogP contribution < -0.4 is 5.32 Å². The summed E-state index contributed by atoms with van der Waals surface area (Å²) < 4.78 is 0. The minimum atomic E-state index is 0.536. The Morgan fingerprint density at radius 1 is 1.12 bits per heavy atom. The van der Waals surface area contributed by atoms with Gasteiger partial charge in [-0.05, 0) is 68.3 Å². The number of rotatable bonds is 2. The number of allylic oxidation sites excluding steroid dienone is 1. The molecule has 4 heteroatoms.